The lowest BCUT2D eigenvalue weighted by Crippen LogP contribution is -2.55. The zero-order chi connectivity index (χ0) is 21.1. The molecule has 0 aliphatic carbocycles. The number of thioether (sulfide) groups is 1. The summed E-state index contributed by atoms with van der Waals surface area (Å²) in [6.07, 6.45) is 3.59. The fraction of sp³-hybridized carbons (Fsp3) is 0.591. The molecule has 4 unspecified atom stereocenters. The van der Waals surface area contributed by atoms with Gasteiger partial charge in [0.25, 0.3) is 0 Å². The summed E-state index contributed by atoms with van der Waals surface area (Å²) >= 11 is 1.70. The molecule has 0 aromatic heterocycles. The average molecular weight is 416 g/mol. The summed E-state index contributed by atoms with van der Waals surface area (Å²) in [6, 6.07) is 5.72. The third-order valence-electron chi connectivity index (χ3n) is 6.49. The van der Waals surface area contributed by atoms with Gasteiger partial charge in [0.05, 0.1) is 11.8 Å². The molecule has 0 saturated carbocycles. The van der Waals surface area contributed by atoms with Crippen molar-refractivity contribution in [1.29, 1.82) is 0 Å². The third-order valence-corrected chi connectivity index (χ3v) is 7.14. The molecule has 29 heavy (non-hydrogen) atoms. The van der Waals surface area contributed by atoms with Gasteiger partial charge in [-0.25, -0.2) is 0 Å². The van der Waals surface area contributed by atoms with E-state index in [0.29, 0.717) is 0 Å². The largest absolute Gasteiger partial charge is 0.324 e. The van der Waals surface area contributed by atoms with Crippen LogP contribution in [0.4, 0.5) is 5.69 Å². The number of nitrogens with one attached hydrogen (secondary N) is 2. The molecule has 4 rings (SSSR count). The number of nitrogens with zero attached hydrogens (tertiary/aromatic N) is 1. The van der Waals surface area contributed by atoms with Crippen molar-refractivity contribution in [2.75, 3.05) is 17.3 Å². The van der Waals surface area contributed by atoms with Crippen molar-refractivity contribution in [2.45, 2.75) is 57.7 Å². The first-order valence-corrected chi connectivity index (χ1v) is 11.7. The summed E-state index contributed by atoms with van der Waals surface area (Å²) in [6.45, 7) is 7.69. The van der Waals surface area contributed by atoms with Crippen molar-refractivity contribution >= 4 is 35.2 Å². The number of rotatable bonds is 4. The number of fused-ring (bicyclic) bond motifs is 4. The molecule has 2 N–H and O–H groups in total. The smallest absolute Gasteiger partial charge is 0.250 e. The number of imide groups is 1. The molecule has 2 fully saturated rings. The minimum Gasteiger partial charge on any atom is -0.324 e. The summed E-state index contributed by atoms with van der Waals surface area (Å²) in [5, 5.41) is 6.47. The monoisotopic (exact) mass is 415 g/mol. The maximum absolute atomic E-state index is 13.6. The van der Waals surface area contributed by atoms with Gasteiger partial charge >= 0.3 is 0 Å². The lowest BCUT2D eigenvalue weighted by atomic mass is 9.76. The molecule has 156 valence electrons. The summed E-state index contributed by atoms with van der Waals surface area (Å²) in [4.78, 5) is 41.8. The molecule has 3 aliphatic rings. The molecule has 3 amide bonds. The number of amides is 3. The molecule has 1 aromatic rings. The molecule has 3 aliphatic heterocycles. The number of likely N-dealkylation sites (tertiary alicyclic amines) is 1. The number of carbonyl (C=O) groups is 3. The lowest BCUT2D eigenvalue weighted by Gasteiger charge is -2.34. The van der Waals surface area contributed by atoms with Crippen LogP contribution in [-0.4, -0.2) is 46.2 Å². The lowest BCUT2D eigenvalue weighted by molar-refractivity contribution is -0.147. The number of aryl methyl sites for hydroxylation is 1. The van der Waals surface area contributed by atoms with Crippen LogP contribution in [0.25, 0.3) is 0 Å². The van der Waals surface area contributed by atoms with Crippen molar-refractivity contribution < 1.29 is 14.4 Å². The van der Waals surface area contributed by atoms with E-state index in [9.17, 15) is 14.4 Å². The second kappa shape index (κ2) is 6.84. The third kappa shape index (κ3) is 2.77. The summed E-state index contributed by atoms with van der Waals surface area (Å²) < 4.78 is 0. The second-order valence-electron chi connectivity index (χ2n) is 9.21. The maximum atomic E-state index is 13.6. The van der Waals surface area contributed by atoms with Gasteiger partial charge < -0.3 is 5.32 Å². The Morgan fingerprint density at radius 3 is 2.52 bits per heavy atom. The van der Waals surface area contributed by atoms with Crippen LogP contribution in [0.1, 0.15) is 45.2 Å². The van der Waals surface area contributed by atoms with Gasteiger partial charge in [-0.3, -0.25) is 24.6 Å². The Labute approximate surface area is 176 Å². The topological polar surface area (TPSA) is 78.5 Å². The SMILES string of the molecule is CCc1ccc2c(c1)C1(NC(CCSC)C3C(=O)N(C(C)(C)C)C(=O)C31)C(=O)N2. The number of anilines is 1. The molecular weight excluding hydrogens is 386 g/mol. The highest BCUT2D eigenvalue weighted by molar-refractivity contribution is 7.98. The van der Waals surface area contributed by atoms with E-state index in [1.165, 1.54) is 4.90 Å². The number of carbonyl (C=O) groups excluding carboxylic acids is 3. The molecule has 1 aromatic carbocycles. The van der Waals surface area contributed by atoms with E-state index in [4.69, 9.17) is 0 Å². The van der Waals surface area contributed by atoms with Gasteiger partial charge in [0.2, 0.25) is 17.7 Å². The van der Waals surface area contributed by atoms with Crippen LogP contribution in [0.15, 0.2) is 18.2 Å². The van der Waals surface area contributed by atoms with Crippen LogP contribution in [-0.2, 0) is 26.3 Å². The predicted octanol–water partition coefficient (Wildman–Crippen LogP) is 2.52. The van der Waals surface area contributed by atoms with Gasteiger partial charge in [-0.2, -0.15) is 11.8 Å². The van der Waals surface area contributed by atoms with Gasteiger partial charge in [0.1, 0.15) is 5.54 Å². The minimum atomic E-state index is -1.18. The van der Waals surface area contributed by atoms with Crippen LogP contribution in [0.5, 0.6) is 0 Å². The molecule has 1 spiro atoms. The van der Waals surface area contributed by atoms with Crippen LogP contribution in [0.3, 0.4) is 0 Å². The van der Waals surface area contributed by atoms with E-state index in [0.717, 1.165) is 35.4 Å². The van der Waals surface area contributed by atoms with Crippen LogP contribution in [0.2, 0.25) is 0 Å². The normalized spacial score (nSPS) is 30.9. The van der Waals surface area contributed by atoms with Crippen molar-refractivity contribution in [3.05, 3.63) is 29.3 Å². The Bertz CT molecular complexity index is 894. The molecule has 0 radical (unpaired) electrons. The Balaban J connectivity index is 1.88. The molecule has 6 nitrogen and oxygen atoms in total. The fourth-order valence-electron chi connectivity index (χ4n) is 5.22. The van der Waals surface area contributed by atoms with E-state index in [-0.39, 0.29) is 23.8 Å². The molecule has 2 saturated heterocycles. The van der Waals surface area contributed by atoms with Gasteiger partial charge in [0.15, 0.2) is 0 Å². The first-order valence-electron chi connectivity index (χ1n) is 10.3. The second-order valence-corrected chi connectivity index (χ2v) is 10.2. The van der Waals surface area contributed by atoms with E-state index in [1.54, 1.807) is 11.8 Å². The zero-order valence-corrected chi connectivity index (χ0v) is 18.5. The number of hydrogen-bond donors (Lipinski definition) is 2. The highest BCUT2D eigenvalue weighted by Crippen LogP contribution is 2.54. The van der Waals surface area contributed by atoms with E-state index in [1.807, 2.05) is 45.2 Å². The Morgan fingerprint density at radius 2 is 1.90 bits per heavy atom. The van der Waals surface area contributed by atoms with Crippen molar-refractivity contribution in [2.24, 2.45) is 11.8 Å². The number of hydrogen-bond acceptors (Lipinski definition) is 5. The summed E-state index contributed by atoms with van der Waals surface area (Å²) in [5.41, 5.74) is 0.849. The highest BCUT2D eigenvalue weighted by atomic mass is 32.2. The first kappa shape index (κ1) is 20.4. The molecule has 0 bridgehead atoms. The predicted molar refractivity (Wildman–Crippen MR) is 115 cm³/mol. The summed E-state index contributed by atoms with van der Waals surface area (Å²) in [7, 11) is 0. The van der Waals surface area contributed by atoms with E-state index < -0.39 is 22.9 Å². The molecule has 4 atom stereocenters. The van der Waals surface area contributed by atoms with Crippen LogP contribution < -0.4 is 10.6 Å². The molecule has 3 heterocycles. The minimum absolute atomic E-state index is 0.157. The van der Waals surface area contributed by atoms with E-state index >= 15 is 0 Å². The Kier molecular flexibility index (Phi) is 4.82. The van der Waals surface area contributed by atoms with Crippen molar-refractivity contribution in [1.82, 2.24) is 10.2 Å². The van der Waals surface area contributed by atoms with Crippen molar-refractivity contribution in [3.63, 3.8) is 0 Å². The molecule has 7 heteroatoms. The average Bonchev–Trinajstić information content (AvgIpc) is 3.24. The van der Waals surface area contributed by atoms with Gasteiger partial charge in [0, 0.05) is 22.8 Å². The van der Waals surface area contributed by atoms with Gasteiger partial charge in [-0.1, -0.05) is 19.1 Å². The summed E-state index contributed by atoms with van der Waals surface area (Å²) in [5.74, 6) is -0.991. The highest BCUT2D eigenvalue weighted by Gasteiger charge is 2.71. The standard InChI is InChI=1S/C22H29N3O3S/c1-6-12-7-8-14-13(11-12)22(20(28)23-14)17-16(15(24-22)9-10-29-5)18(26)25(19(17)27)21(2,3)4/h7-8,11,15-17,24H,6,9-10H2,1-5H3,(H,23,28). The maximum Gasteiger partial charge on any atom is 0.250 e. The number of benzene rings is 1. The Hall–Kier alpha value is -1.86. The van der Waals surface area contributed by atoms with Crippen molar-refractivity contribution in [3.8, 4) is 0 Å². The van der Waals surface area contributed by atoms with Gasteiger partial charge in [-0.15, -0.1) is 0 Å². The first-order chi connectivity index (χ1) is 13.7. The van der Waals surface area contributed by atoms with Crippen LogP contribution in [0, 0.1) is 11.8 Å². The van der Waals surface area contributed by atoms with E-state index in [2.05, 4.69) is 17.6 Å². The Morgan fingerprint density at radius 1 is 1.17 bits per heavy atom. The quantitative estimate of drug-likeness (QED) is 0.739. The van der Waals surface area contributed by atoms with Crippen LogP contribution >= 0.6 is 11.8 Å². The molecular formula is C22H29N3O3S. The zero-order valence-electron chi connectivity index (χ0n) is 17.7. The fourth-order valence-corrected chi connectivity index (χ4v) is 5.71. The van der Waals surface area contributed by atoms with Gasteiger partial charge in [-0.05, 0) is 57.3 Å².